The number of allylic oxidation sites excluding steroid dienone is 1. The summed E-state index contributed by atoms with van der Waals surface area (Å²) in [5, 5.41) is 4.12. The van der Waals surface area contributed by atoms with E-state index in [4.69, 9.17) is 0 Å². The lowest BCUT2D eigenvalue weighted by atomic mass is 10.1. The summed E-state index contributed by atoms with van der Waals surface area (Å²) < 4.78 is 1.81. The fourth-order valence-electron chi connectivity index (χ4n) is 1.39. The largest absolute Gasteiger partial charge is 0.285 e. The van der Waals surface area contributed by atoms with Gasteiger partial charge in [-0.05, 0) is 6.92 Å². The molecule has 1 aromatic rings. The van der Waals surface area contributed by atoms with Crippen LogP contribution in [-0.2, 0) is 7.05 Å². The highest BCUT2D eigenvalue weighted by Gasteiger charge is 2.10. The molecule has 2 rings (SSSR count). The monoisotopic (exact) mass is 161 g/mol. The van der Waals surface area contributed by atoms with E-state index in [1.165, 1.54) is 5.57 Å². The van der Waals surface area contributed by atoms with Crippen LogP contribution in [-0.4, -0.2) is 22.0 Å². The summed E-state index contributed by atoms with van der Waals surface area (Å²) in [6.45, 7) is 2.85. The zero-order valence-electron chi connectivity index (χ0n) is 7.28. The summed E-state index contributed by atoms with van der Waals surface area (Å²) in [6, 6.07) is 0. The maximum atomic E-state index is 4.29. The van der Waals surface area contributed by atoms with Gasteiger partial charge in [-0.2, -0.15) is 5.10 Å². The number of aryl methyl sites for hydroxylation is 1. The summed E-state index contributed by atoms with van der Waals surface area (Å²) >= 11 is 0. The van der Waals surface area contributed by atoms with Crippen LogP contribution in [0.4, 0.5) is 0 Å². The van der Waals surface area contributed by atoms with Gasteiger partial charge in [-0.3, -0.25) is 9.67 Å². The highest BCUT2D eigenvalue weighted by molar-refractivity contribution is 6.24. The van der Waals surface area contributed by atoms with Gasteiger partial charge < -0.3 is 0 Å². The van der Waals surface area contributed by atoms with E-state index in [0.29, 0.717) is 0 Å². The molecule has 3 heteroatoms. The first-order valence-corrected chi connectivity index (χ1v) is 3.98. The molecule has 0 bridgehead atoms. The molecule has 0 aliphatic carbocycles. The average Bonchev–Trinajstić information content (AvgIpc) is 2.58. The van der Waals surface area contributed by atoms with Crippen molar-refractivity contribution in [3.05, 3.63) is 24.0 Å². The Hall–Kier alpha value is -1.38. The van der Waals surface area contributed by atoms with E-state index >= 15 is 0 Å². The lowest BCUT2D eigenvalue weighted by Gasteiger charge is -1.96. The van der Waals surface area contributed by atoms with E-state index in [9.17, 15) is 0 Å². The maximum absolute atomic E-state index is 4.29. The summed E-state index contributed by atoms with van der Waals surface area (Å²) in [7, 11) is 1.92. The quantitative estimate of drug-likeness (QED) is 0.610. The number of rotatable bonds is 1. The van der Waals surface area contributed by atoms with E-state index in [2.05, 4.69) is 16.2 Å². The van der Waals surface area contributed by atoms with Crippen LogP contribution in [0.5, 0.6) is 0 Å². The third-order valence-corrected chi connectivity index (χ3v) is 2.03. The first-order valence-electron chi connectivity index (χ1n) is 3.98. The average molecular weight is 161 g/mol. The Kier molecular flexibility index (Phi) is 1.57. The second-order valence-electron chi connectivity index (χ2n) is 2.95. The molecule has 0 saturated carbocycles. The molecule has 0 atom stereocenters. The Balaban J connectivity index is 2.38. The maximum Gasteiger partial charge on any atom is 0.0583 e. The van der Waals surface area contributed by atoms with Crippen molar-refractivity contribution in [1.82, 2.24) is 9.78 Å². The molecule has 0 amide bonds. The van der Waals surface area contributed by atoms with Crippen LogP contribution in [0.3, 0.4) is 0 Å². The topological polar surface area (TPSA) is 30.2 Å². The van der Waals surface area contributed by atoms with E-state index in [1.807, 2.05) is 31.0 Å². The third kappa shape index (κ3) is 1.07. The third-order valence-electron chi connectivity index (χ3n) is 2.03. The van der Waals surface area contributed by atoms with Crippen molar-refractivity contribution in [2.24, 2.45) is 12.0 Å². The van der Waals surface area contributed by atoms with Crippen LogP contribution in [0, 0.1) is 0 Å². The van der Waals surface area contributed by atoms with Gasteiger partial charge in [0.15, 0.2) is 0 Å². The van der Waals surface area contributed by atoms with E-state index < -0.39 is 0 Å². The highest BCUT2D eigenvalue weighted by atomic mass is 15.2. The van der Waals surface area contributed by atoms with Crippen LogP contribution in [0.25, 0.3) is 5.57 Å². The van der Waals surface area contributed by atoms with E-state index in [0.717, 1.165) is 17.8 Å². The number of aromatic nitrogens is 2. The molecular weight excluding hydrogens is 150 g/mol. The smallest absolute Gasteiger partial charge is 0.0583 e. The van der Waals surface area contributed by atoms with Crippen LogP contribution >= 0.6 is 0 Å². The minimum Gasteiger partial charge on any atom is -0.285 e. The summed E-state index contributed by atoms with van der Waals surface area (Å²) in [4.78, 5) is 4.29. The van der Waals surface area contributed by atoms with Crippen LogP contribution in [0.2, 0.25) is 0 Å². The molecule has 0 aromatic carbocycles. The van der Waals surface area contributed by atoms with E-state index in [1.54, 1.807) is 0 Å². The molecule has 62 valence electrons. The minimum atomic E-state index is 0.816. The molecule has 1 aliphatic rings. The van der Waals surface area contributed by atoms with Gasteiger partial charge in [-0.25, -0.2) is 0 Å². The van der Waals surface area contributed by atoms with E-state index in [-0.39, 0.29) is 0 Å². The Bertz CT molecular complexity index is 358. The minimum absolute atomic E-state index is 0.816. The predicted molar refractivity (Wildman–Crippen MR) is 49.2 cm³/mol. The molecule has 1 aromatic heterocycles. The molecule has 0 radical (unpaired) electrons. The second-order valence-corrected chi connectivity index (χ2v) is 2.95. The second kappa shape index (κ2) is 2.59. The Morgan fingerprint density at radius 3 is 2.83 bits per heavy atom. The zero-order chi connectivity index (χ0) is 8.55. The molecule has 12 heavy (non-hydrogen) atoms. The molecule has 0 spiro atoms. The van der Waals surface area contributed by atoms with Gasteiger partial charge in [0.1, 0.15) is 0 Å². The van der Waals surface area contributed by atoms with Crippen LogP contribution in [0.1, 0.15) is 12.5 Å². The first-order chi connectivity index (χ1) is 5.77. The molecule has 1 aliphatic heterocycles. The van der Waals surface area contributed by atoms with Gasteiger partial charge in [0, 0.05) is 30.1 Å². The lowest BCUT2D eigenvalue weighted by Crippen LogP contribution is -1.90. The molecule has 0 saturated heterocycles. The Labute approximate surface area is 71.4 Å². The van der Waals surface area contributed by atoms with Gasteiger partial charge in [0.25, 0.3) is 0 Å². The number of nitrogens with zero attached hydrogens (tertiary/aromatic N) is 3. The Morgan fingerprint density at radius 1 is 1.50 bits per heavy atom. The van der Waals surface area contributed by atoms with Crippen molar-refractivity contribution in [2.45, 2.75) is 6.92 Å². The summed E-state index contributed by atoms with van der Waals surface area (Å²) in [5.74, 6) is 0. The van der Waals surface area contributed by atoms with Gasteiger partial charge in [0.2, 0.25) is 0 Å². The summed E-state index contributed by atoms with van der Waals surface area (Å²) in [5.41, 5.74) is 3.50. The van der Waals surface area contributed by atoms with Gasteiger partial charge in [-0.1, -0.05) is 6.08 Å². The van der Waals surface area contributed by atoms with Crippen molar-refractivity contribution in [3.8, 4) is 0 Å². The van der Waals surface area contributed by atoms with Gasteiger partial charge >= 0.3 is 0 Å². The van der Waals surface area contributed by atoms with Crippen molar-refractivity contribution >= 4 is 11.3 Å². The molecule has 0 N–H and O–H groups in total. The fourth-order valence-corrected chi connectivity index (χ4v) is 1.39. The number of hydrogen-bond donors (Lipinski definition) is 0. The summed E-state index contributed by atoms with van der Waals surface area (Å²) in [6.07, 6.45) is 6.01. The lowest BCUT2D eigenvalue weighted by molar-refractivity contribution is 0.767. The van der Waals surface area contributed by atoms with Crippen molar-refractivity contribution < 1.29 is 0 Å². The highest BCUT2D eigenvalue weighted by Crippen LogP contribution is 2.18. The molecule has 2 heterocycles. The van der Waals surface area contributed by atoms with Gasteiger partial charge in [0.05, 0.1) is 12.7 Å². The number of aliphatic imine (C=N–C) groups is 1. The van der Waals surface area contributed by atoms with Crippen molar-refractivity contribution in [1.29, 1.82) is 0 Å². The SMILES string of the molecule is CC1=NCC=C1c1cnn(C)c1. The van der Waals surface area contributed by atoms with Crippen molar-refractivity contribution in [3.63, 3.8) is 0 Å². The normalized spacial score (nSPS) is 16.2. The molecule has 3 nitrogen and oxygen atoms in total. The molecular formula is C9H11N3. The fraction of sp³-hybridized carbons (Fsp3) is 0.333. The zero-order valence-corrected chi connectivity index (χ0v) is 7.28. The van der Waals surface area contributed by atoms with Gasteiger partial charge in [-0.15, -0.1) is 0 Å². The first kappa shape index (κ1) is 7.28. The molecule has 0 fully saturated rings. The number of hydrogen-bond acceptors (Lipinski definition) is 2. The van der Waals surface area contributed by atoms with Crippen LogP contribution < -0.4 is 0 Å². The Morgan fingerprint density at radius 2 is 2.33 bits per heavy atom. The van der Waals surface area contributed by atoms with Crippen molar-refractivity contribution in [2.75, 3.05) is 6.54 Å². The predicted octanol–water partition coefficient (Wildman–Crippen LogP) is 1.28. The standard InChI is InChI=1S/C9H11N3/c1-7-9(3-4-10-7)8-5-11-12(2)6-8/h3,5-6H,4H2,1-2H3. The van der Waals surface area contributed by atoms with Crippen LogP contribution in [0.15, 0.2) is 23.5 Å². The molecule has 0 unspecified atom stereocenters.